The van der Waals surface area contributed by atoms with E-state index in [1.165, 1.54) is 6.26 Å². The molecular weight excluding hydrogens is 216 g/mol. The predicted octanol–water partition coefficient (Wildman–Crippen LogP) is 3.14. The molecule has 0 bridgehead atoms. The van der Waals surface area contributed by atoms with Gasteiger partial charge in [0.15, 0.2) is 5.76 Å². The molecule has 1 aromatic heterocycles. The van der Waals surface area contributed by atoms with Gasteiger partial charge in [-0.1, -0.05) is 0 Å². The summed E-state index contributed by atoms with van der Waals surface area (Å²) in [6.45, 7) is 3.74. The summed E-state index contributed by atoms with van der Waals surface area (Å²) in [6, 6.07) is 7.16. The summed E-state index contributed by atoms with van der Waals surface area (Å²) in [6.07, 6.45) is 1.53. The zero-order chi connectivity index (χ0) is 12.4. The van der Waals surface area contributed by atoms with E-state index >= 15 is 0 Å². The normalized spacial score (nSPS) is 10.3. The monoisotopic (exact) mass is 230 g/mol. The Labute approximate surface area is 100 Å². The lowest BCUT2D eigenvalue weighted by Gasteiger charge is -2.06. The number of carbonyl (C=O) groups is 1. The highest BCUT2D eigenvalue weighted by molar-refractivity contribution is 6.08. The lowest BCUT2D eigenvalue weighted by molar-refractivity contribution is 0.101. The van der Waals surface area contributed by atoms with Crippen molar-refractivity contribution in [2.24, 2.45) is 0 Å². The molecule has 1 aromatic carbocycles. The molecule has 0 spiro atoms. The fourth-order valence-corrected chi connectivity index (χ4v) is 1.75. The maximum atomic E-state index is 12.2. The molecule has 3 nitrogen and oxygen atoms in total. The number of aryl methyl sites for hydroxylation is 2. The van der Waals surface area contributed by atoms with Crippen molar-refractivity contribution in [1.29, 1.82) is 0 Å². The van der Waals surface area contributed by atoms with Crippen LogP contribution in [0.2, 0.25) is 0 Å². The van der Waals surface area contributed by atoms with Gasteiger partial charge in [0.25, 0.3) is 0 Å². The second kappa shape index (κ2) is 4.45. The lowest BCUT2D eigenvalue weighted by Crippen LogP contribution is -2.04. The molecule has 17 heavy (non-hydrogen) atoms. The third kappa shape index (κ3) is 2.09. The van der Waals surface area contributed by atoms with E-state index < -0.39 is 0 Å². The van der Waals surface area contributed by atoms with E-state index in [4.69, 9.17) is 9.15 Å². The zero-order valence-electron chi connectivity index (χ0n) is 10.1. The first-order chi connectivity index (χ1) is 8.13. The maximum Gasteiger partial charge on any atom is 0.228 e. The van der Waals surface area contributed by atoms with Crippen molar-refractivity contribution >= 4 is 5.78 Å². The molecule has 2 rings (SSSR count). The molecule has 0 saturated heterocycles. The van der Waals surface area contributed by atoms with Gasteiger partial charge >= 0.3 is 0 Å². The summed E-state index contributed by atoms with van der Waals surface area (Å²) in [5.74, 6) is 1.06. The van der Waals surface area contributed by atoms with Gasteiger partial charge < -0.3 is 9.15 Å². The van der Waals surface area contributed by atoms with Crippen molar-refractivity contribution in [2.45, 2.75) is 13.8 Å². The van der Waals surface area contributed by atoms with Crippen LogP contribution >= 0.6 is 0 Å². The maximum absolute atomic E-state index is 12.2. The van der Waals surface area contributed by atoms with Gasteiger partial charge in [0.1, 0.15) is 5.75 Å². The molecule has 0 saturated carbocycles. The molecule has 0 radical (unpaired) electrons. The van der Waals surface area contributed by atoms with Crippen LogP contribution in [0.5, 0.6) is 5.75 Å². The van der Waals surface area contributed by atoms with E-state index in [1.54, 1.807) is 25.3 Å². The van der Waals surface area contributed by atoms with Crippen molar-refractivity contribution in [3.63, 3.8) is 0 Å². The second-order valence-electron chi connectivity index (χ2n) is 3.94. The minimum absolute atomic E-state index is 0.0901. The van der Waals surface area contributed by atoms with Crippen LogP contribution in [-0.2, 0) is 0 Å². The minimum Gasteiger partial charge on any atom is -0.497 e. The summed E-state index contributed by atoms with van der Waals surface area (Å²) < 4.78 is 10.3. The first-order valence-electron chi connectivity index (χ1n) is 5.37. The van der Waals surface area contributed by atoms with Crippen LogP contribution in [0.15, 0.2) is 34.9 Å². The molecule has 88 valence electrons. The highest BCUT2D eigenvalue weighted by Crippen LogP contribution is 2.21. The number of rotatable bonds is 3. The molecule has 0 unspecified atom stereocenters. The van der Waals surface area contributed by atoms with Gasteiger partial charge in [0.05, 0.1) is 13.4 Å². The molecule has 0 fully saturated rings. The van der Waals surface area contributed by atoms with Crippen molar-refractivity contribution in [3.8, 4) is 5.75 Å². The Bertz CT molecular complexity index is 552. The molecule has 0 aliphatic rings. The minimum atomic E-state index is -0.0901. The van der Waals surface area contributed by atoms with E-state index in [0.717, 1.165) is 16.9 Å². The Hall–Kier alpha value is -2.03. The summed E-state index contributed by atoms with van der Waals surface area (Å²) in [4.78, 5) is 12.2. The van der Waals surface area contributed by atoms with E-state index in [0.29, 0.717) is 11.3 Å². The topological polar surface area (TPSA) is 39.4 Å². The van der Waals surface area contributed by atoms with Gasteiger partial charge in [-0.3, -0.25) is 4.79 Å². The van der Waals surface area contributed by atoms with E-state index in [9.17, 15) is 4.79 Å². The summed E-state index contributed by atoms with van der Waals surface area (Å²) in [5, 5.41) is 0. The first kappa shape index (κ1) is 11.5. The summed E-state index contributed by atoms with van der Waals surface area (Å²) in [5.41, 5.74) is 2.37. The quantitative estimate of drug-likeness (QED) is 0.760. The Morgan fingerprint density at radius 3 is 2.47 bits per heavy atom. The Kier molecular flexibility index (Phi) is 3.00. The number of ketones is 1. The van der Waals surface area contributed by atoms with Crippen molar-refractivity contribution in [1.82, 2.24) is 0 Å². The van der Waals surface area contributed by atoms with Crippen LogP contribution in [0.1, 0.15) is 27.2 Å². The van der Waals surface area contributed by atoms with Gasteiger partial charge in [-0.25, -0.2) is 0 Å². The van der Waals surface area contributed by atoms with Crippen LogP contribution in [0.25, 0.3) is 0 Å². The number of ether oxygens (including phenoxy) is 1. The number of methoxy groups -OCH3 is 1. The molecule has 3 heteroatoms. The molecule has 0 amide bonds. The van der Waals surface area contributed by atoms with Crippen LogP contribution in [-0.4, -0.2) is 12.9 Å². The average molecular weight is 230 g/mol. The Morgan fingerprint density at radius 1 is 1.18 bits per heavy atom. The predicted molar refractivity (Wildman–Crippen MR) is 64.6 cm³/mol. The first-order valence-corrected chi connectivity index (χ1v) is 5.37. The van der Waals surface area contributed by atoms with Crippen LogP contribution in [0.3, 0.4) is 0 Å². The Morgan fingerprint density at radius 2 is 1.94 bits per heavy atom. The lowest BCUT2D eigenvalue weighted by atomic mass is 10.0. The summed E-state index contributed by atoms with van der Waals surface area (Å²) in [7, 11) is 1.60. The molecule has 0 atom stereocenters. The number of hydrogen-bond acceptors (Lipinski definition) is 3. The summed E-state index contributed by atoms with van der Waals surface area (Å²) >= 11 is 0. The van der Waals surface area contributed by atoms with Crippen LogP contribution in [0, 0.1) is 13.8 Å². The van der Waals surface area contributed by atoms with Crippen LogP contribution < -0.4 is 4.74 Å². The standard InChI is InChI=1S/C14H14O3/c1-9-6-7-17-14(9)13(15)12-5-4-11(16-3)8-10(12)2/h4-8H,1-3H3. The number of benzene rings is 1. The largest absolute Gasteiger partial charge is 0.497 e. The fourth-order valence-electron chi connectivity index (χ4n) is 1.75. The molecular formula is C14H14O3. The van der Waals surface area contributed by atoms with Gasteiger partial charge in [-0.05, 0) is 49.2 Å². The molecule has 0 aliphatic heterocycles. The highest BCUT2D eigenvalue weighted by Gasteiger charge is 2.17. The molecule has 0 aliphatic carbocycles. The number of hydrogen-bond donors (Lipinski definition) is 0. The molecule has 2 aromatic rings. The third-order valence-electron chi connectivity index (χ3n) is 2.75. The number of furan rings is 1. The van der Waals surface area contributed by atoms with Crippen molar-refractivity contribution < 1.29 is 13.9 Å². The van der Waals surface area contributed by atoms with E-state index in [-0.39, 0.29) is 5.78 Å². The average Bonchev–Trinajstić information content (AvgIpc) is 2.74. The van der Waals surface area contributed by atoms with Gasteiger partial charge in [0.2, 0.25) is 5.78 Å². The SMILES string of the molecule is COc1ccc(C(=O)c2occc2C)c(C)c1. The third-order valence-corrected chi connectivity index (χ3v) is 2.75. The molecule has 0 N–H and O–H groups in total. The fraction of sp³-hybridized carbons (Fsp3) is 0.214. The van der Waals surface area contributed by atoms with E-state index in [2.05, 4.69) is 0 Å². The van der Waals surface area contributed by atoms with Gasteiger partial charge in [-0.15, -0.1) is 0 Å². The zero-order valence-corrected chi connectivity index (χ0v) is 10.1. The van der Waals surface area contributed by atoms with Gasteiger partial charge in [0, 0.05) is 5.56 Å². The van der Waals surface area contributed by atoms with Crippen LogP contribution in [0.4, 0.5) is 0 Å². The van der Waals surface area contributed by atoms with Gasteiger partial charge in [-0.2, -0.15) is 0 Å². The Balaban J connectivity index is 2.41. The van der Waals surface area contributed by atoms with Crippen molar-refractivity contribution in [3.05, 3.63) is 53.0 Å². The second-order valence-corrected chi connectivity index (χ2v) is 3.94. The number of carbonyl (C=O) groups excluding carboxylic acids is 1. The molecule has 1 heterocycles. The van der Waals surface area contributed by atoms with E-state index in [1.807, 2.05) is 19.9 Å². The smallest absolute Gasteiger partial charge is 0.228 e. The van der Waals surface area contributed by atoms with Crippen molar-refractivity contribution in [2.75, 3.05) is 7.11 Å². The highest BCUT2D eigenvalue weighted by atomic mass is 16.5.